The molecule has 0 fully saturated rings. The molecule has 0 saturated carbocycles. The quantitative estimate of drug-likeness (QED) is 0.676. The van der Waals surface area contributed by atoms with Crippen LogP contribution >= 0.6 is 15.9 Å². The summed E-state index contributed by atoms with van der Waals surface area (Å²) in [5, 5.41) is 0. The molecule has 0 bridgehead atoms. The van der Waals surface area contributed by atoms with Gasteiger partial charge in [0, 0.05) is 37.3 Å². The molecule has 7 heteroatoms. The highest BCUT2D eigenvalue weighted by Crippen LogP contribution is 2.30. The minimum Gasteiger partial charge on any atom is -0.495 e. The summed E-state index contributed by atoms with van der Waals surface area (Å²) in [6.45, 7) is 2.51. The van der Waals surface area contributed by atoms with Crippen LogP contribution in [0.15, 0.2) is 51.8 Å². The molecule has 0 unspecified atom stereocenters. The van der Waals surface area contributed by atoms with Crippen LogP contribution in [0.3, 0.4) is 0 Å². The molecule has 0 heterocycles. The minimum absolute atomic E-state index is 0.163. The third-order valence-electron chi connectivity index (χ3n) is 3.91. The molecule has 0 amide bonds. The van der Waals surface area contributed by atoms with Crippen LogP contribution < -0.4 is 9.64 Å². The number of rotatable bonds is 7. The first kappa shape index (κ1) is 19.8. The maximum atomic E-state index is 13.1. The van der Waals surface area contributed by atoms with E-state index in [1.165, 1.54) is 11.4 Å². The largest absolute Gasteiger partial charge is 0.495 e. The van der Waals surface area contributed by atoms with Gasteiger partial charge >= 0.3 is 0 Å². The lowest BCUT2D eigenvalue weighted by atomic mass is 10.2. The molecule has 0 N–H and O–H groups in total. The molecule has 5 nitrogen and oxygen atoms in total. The van der Waals surface area contributed by atoms with Gasteiger partial charge in [0.1, 0.15) is 10.6 Å². The Morgan fingerprint density at radius 2 is 1.72 bits per heavy atom. The lowest BCUT2D eigenvalue weighted by Crippen LogP contribution is -2.30. The molecule has 25 heavy (non-hydrogen) atoms. The third-order valence-corrected chi connectivity index (χ3v) is 6.34. The Balaban J connectivity index is 2.34. The standard InChI is InChI=1S/C18H23BrN2O3S/c1-5-21(13-14-6-9-16(10-7-14)20(2)3)25(22,23)18-12-15(19)8-11-17(18)24-4/h6-12H,5,13H2,1-4H3. The van der Waals surface area contributed by atoms with Gasteiger partial charge in [-0.05, 0) is 35.9 Å². The Bertz CT molecular complexity index is 821. The van der Waals surface area contributed by atoms with E-state index in [9.17, 15) is 8.42 Å². The van der Waals surface area contributed by atoms with Crippen molar-refractivity contribution >= 4 is 31.6 Å². The second-order valence-corrected chi connectivity index (χ2v) is 8.61. The summed E-state index contributed by atoms with van der Waals surface area (Å²) in [5.74, 6) is 0.338. The second kappa shape index (κ2) is 8.21. The number of benzene rings is 2. The summed E-state index contributed by atoms with van der Waals surface area (Å²) < 4.78 is 33.6. The van der Waals surface area contributed by atoms with E-state index in [1.807, 2.05) is 50.2 Å². The maximum Gasteiger partial charge on any atom is 0.247 e. The molecule has 0 aliphatic heterocycles. The second-order valence-electron chi connectivity index (χ2n) is 5.79. The molecule has 0 spiro atoms. The first-order valence-corrected chi connectivity index (χ1v) is 10.1. The van der Waals surface area contributed by atoms with E-state index >= 15 is 0 Å². The van der Waals surface area contributed by atoms with Crippen molar-refractivity contribution < 1.29 is 13.2 Å². The van der Waals surface area contributed by atoms with Crippen LogP contribution in [0.2, 0.25) is 0 Å². The fourth-order valence-electron chi connectivity index (χ4n) is 2.46. The predicted molar refractivity (Wildman–Crippen MR) is 105 cm³/mol. The predicted octanol–water partition coefficient (Wildman–Crippen LogP) is 3.73. The van der Waals surface area contributed by atoms with Gasteiger partial charge in [-0.2, -0.15) is 4.31 Å². The highest BCUT2D eigenvalue weighted by Gasteiger charge is 2.27. The van der Waals surface area contributed by atoms with Crippen molar-refractivity contribution in [3.63, 3.8) is 0 Å². The highest BCUT2D eigenvalue weighted by atomic mass is 79.9. The van der Waals surface area contributed by atoms with Crippen molar-refractivity contribution in [1.29, 1.82) is 0 Å². The summed E-state index contributed by atoms with van der Waals surface area (Å²) in [5.41, 5.74) is 2.01. The van der Waals surface area contributed by atoms with E-state index in [0.717, 1.165) is 11.3 Å². The van der Waals surface area contributed by atoms with E-state index in [4.69, 9.17) is 4.74 Å². The Morgan fingerprint density at radius 3 is 2.24 bits per heavy atom. The average molecular weight is 427 g/mol. The molecule has 2 rings (SSSR count). The van der Waals surface area contributed by atoms with Crippen LogP contribution in [0.25, 0.3) is 0 Å². The van der Waals surface area contributed by atoms with Gasteiger partial charge in [0.25, 0.3) is 0 Å². The van der Waals surface area contributed by atoms with Crippen molar-refractivity contribution in [1.82, 2.24) is 4.31 Å². The van der Waals surface area contributed by atoms with Crippen molar-refractivity contribution in [2.75, 3.05) is 32.6 Å². The van der Waals surface area contributed by atoms with Crippen molar-refractivity contribution in [2.24, 2.45) is 0 Å². The number of halogens is 1. The average Bonchev–Trinajstić information content (AvgIpc) is 2.59. The molecular formula is C18H23BrN2O3S. The fraction of sp³-hybridized carbons (Fsp3) is 0.333. The van der Waals surface area contributed by atoms with E-state index < -0.39 is 10.0 Å². The van der Waals surface area contributed by atoms with Gasteiger partial charge in [-0.3, -0.25) is 0 Å². The van der Waals surface area contributed by atoms with Crippen LogP contribution in [0.4, 0.5) is 5.69 Å². The van der Waals surface area contributed by atoms with Crippen LogP contribution in [0.1, 0.15) is 12.5 Å². The number of hydrogen-bond donors (Lipinski definition) is 0. The molecule has 136 valence electrons. The van der Waals surface area contributed by atoms with Gasteiger partial charge in [0.2, 0.25) is 10.0 Å². The zero-order valence-corrected chi connectivity index (χ0v) is 17.3. The fourth-order valence-corrected chi connectivity index (χ4v) is 4.59. The molecule has 0 aromatic heterocycles. The molecule has 0 radical (unpaired) electrons. The molecule has 2 aromatic carbocycles. The molecule has 0 aliphatic rings. The summed E-state index contributed by atoms with van der Waals surface area (Å²) >= 11 is 3.33. The summed E-state index contributed by atoms with van der Waals surface area (Å²) in [7, 11) is 1.74. The minimum atomic E-state index is -3.67. The molecule has 2 aromatic rings. The number of ether oxygens (including phenoxy) is 1. The first-order chi connectivity index (χ1) is 11.8. The highest BCUT2D eigenvalue weighted by molar-refractivity contribution is 9.10. The van der Waals surface area contributed by atoms with E-state index in [1.54, 1.807) is 18.2 Å². The van der Waals surface area contributed by atoms with Gasteiger partial charge in [0.05, 0.1) is 7.11 Å². The van der Waals surface area contributed by atoms with Crippen LogP contribution in [0, 0.1) is 0 Å². The summed E-state index contributed by atoms with van der Waals surface area (Å²) in [6.07, 6.45) is 0. The number of methoxy groups -OCH3 is 1. The van der Waals surface area contributed by atoms with Crippen molar-refractivity contribution in [2.45, 2.75) is 18.4 Å². The number of hydrogen-bond acceptors (Lipinski definition) is 4. The van der Waals surface area contributed by atoms with Gasteiger partial charge < -0.3 is 9.64 Å². The van der Waals surface area contributed by atoms with E-state index in [2.05, 4.69) is 15.9 Å². The molecule has 0 aliphatic carbocycles. The van der Waals surface area contributed by atoms with Crippen LogP contribution in [-0.4, -0.2) is 40.5 Å². The lowest BCUT2D eigenvalue weighted by molar-refractivity contribution is 0.391. The smallest absolute Gasteiger partial charge is 0.247 e. The number of sulfonamides is 1. The van der Waals surface area contributed by atoms with Gasteiger partial charge in [-0.25, -0.2) is 8.42 Å². The summed E-state index contributed by atoms with van der Waals surface area (Å²) in [4.78, 5) is 2.17. The maximum absolute atomic E-state index is 13.1. The number of anilines is 1. The van der Waals surface area contributed by atoms with Crippen molar-refractivity contribution in [3.8, 4) is 5.75 Å². The Kier molecular flexibility index (Phi) is 6.48. The normalized spacial score (nSPS) is 11.6. The number of nitrogens with zero attached hydrogens (tertiary/aromatic N) is 2. The van der Waals surface area contributed by atoms with Gasteiger partial charge in [0.15, 0.2) is 0 Å². The lowest BCUT2D eigenvalue weighted by Gasteiger charge is -2.22. The van der Waals surface area contributed by atoms with Crippen molar-refractivity contribution in [3.05, 3.63) is 52.5 Å². The zero-order valence-electron chi connectivity index (χ0n) is 14.9. The topological polar surface area (TPSA) is 49.9 Å². The molecule has 0 saturated heterocycles. The van der Waals surface area contributed by atoms with Gasteiger partial charge in [-0.1, -0.05) is 35.0 Å². The molecule has 0 atom stereocenters. The summed E-state index contributed by atoms with van der Waals surface area (Å²) in [6, 6.07) is 12.8. The zero-order chi connectivity index (χ0) is 18.6. The van der Waals surface area contributed by atoms with Crippen LogP contribution in [-0.2, 0) is 16.6 Å². The Labute approximate surface area is 158 Å². The van der Waals surface area contributed by atoms with E-state index in [-0.39, 0.29) is 4.90 Å². The Morgan fingerprint density at radius 1 is 1.08 bits per heavy atom. The third kappa shape index (κ3) is 4.54. The first-order valence-electron chi connectivity index (χ1n) is 7.89. The van der Waals surface area contributed by atoms with Gasteiger partial charge in [-0.15, -0.1) is 0 Å². The Hall–Kier alpha value is -1.57. The monoisotopic (exact) mass is 426 g/mol. The van der Waals surface area contributed by atoms with E-state index in [0.29, 0.717) is 23.3 Å². The molecular weight excluding hydrogens is 404 g/mol. The van der Waals surface area contributed by atoms with Crippen LogP contribution in [0.5, 0.6) is 5.75 Å². The SMILES string of the molecule is CCN(Cc1ccc(N(C)C)cc1)S(=O)(=O)c1cc(Br)ccc1OC.